The van der Waals surface area contributed by atoms with Crippen LogP contribution >= 0.6 is 0 Å². The smallest absolute Gasteiger partial charge is 0.0945 e. The van der Waals surface area contributed by atoms with Crippen LogP contribution in [0, 0.1) is 13.8 Å². The molecule has 0 fully saturated rings. The number of hydrogen-bond acceptors (Lipinski definition) is 2. The van der Waals surface area contributed by atoms with Gasteiger partial charge < -0.3 is 9.72 Å². The molecule has 0 spiro atoms. The van der Waals surface area contributed by atoms with Crippen LogP contribution in [0.1, 0.15) is 43.3 Å². The maximum Gasteiger partial charge on any atom is 0.0945 e. The van der Waals surface area contributed by atoms with Gasteiger partial charge in [-0.15, -0.1) is 0 Å². The number of aliphatic imine (C=N–C) groups is 1. The molecule has 0 aromatic carbocycles. The van der Waals surface area contributed by atoms with Crippen LogP contribution in [0.2, 0.25) is 0 Å². The highest BCUT2D eigenvalue weighted by molar-refractivity contribution is 5.99. The van der Waals surface area contributed by atoms with Crippen LogP contribution in [0.25, 0.3) is 6.08 Å². The van der Waals surface area contributed by atoms with E-state index in [0.29, 0.717) is 0 Å². The van der Waals surface area contributed by atoms with Crippen LogP contribution in [0.15, 0.2) is 10.8 Å². The highest BCUT2D eigenvalue weighted by atomic mass is 16.5. The summed E-state index contributed by atoms with van der Waals surface area (Å²) >= 11 is 0. The van der Waals surface area contributed by atoms with Gasteiger partial charge in [-0.3, -0.25) is 4.99 Å². The Bertz CT molecular complexity index is 453. The van der Waals surface area contributed by atoms with Gasteiger partial charge in [-0.1, -0.05) is 0 Å². The van der Waals surface area contributed by atoms with Gasteiger partial charge in [-0.2, -0.15) is 0 Å². The second kappa shape index (κ2) is 5.71. The molecule has 0 aliphatic rings. The Morgan fingerprint density at radius 1 is 1.29 bits per heavy atom. The Kier molecular flexibility index (Phi) is 4.55. The summed E-state index contributed by atoms with van der Waals surface area (Å²) in [5, 5.41) is 0. The number of allylic oxidation sites excluding steroid dienone is 1. The summed E-state index contributed by atoms with van der Waals surface area (Å²) in [6.45, 7) is 11.1. The van der Waals surface area contributed by atoms with Crippen molar-refractivity contribution in [1.82, 2.24) is 4.98 Å². The van der Waals surface area contributed by atoms with Gasteiger partial charge in [0, 0.05) is 12.2 Å². The molecule has 1 N–H and O–H groups in total. The lowest BCUT2D eigenvalue weighted by Gasteiger charge is -1.99. The Balaban J connectivity index is 3.21. The summed E-state index contributed by atoms with van der Waals surface area (Å²) in [5.74, 6) is 0.894. The van der Waals surface area contributed by atoms with E-state index < -0.39 is 0 Å². The lowest BCUT2D eigenvalue weighted by molar-refractivity contribution is 0.297. The number of methoxy groups -OCH3 is 1. The fraction of sp³-hybridized carbons (Fsp3) is 0.500. The summed E-state index contributed by atoms with van der Waals surface area (Å²) < 4.78 is 5.18. The molecule has 3 heteroatoms. The molecule has 1 aromatic heterocycles. The predicted molar refractivity (Wildman–Crippen MR) is 73.7 cm³/mol. The molecule has 0 saturated heterocycles. The third-order valence-corrected chi connectivity index (χ3v) is 3.03. The van der Waals surface area contributed by atoms with E-state index in [0.717, 1.165) is 29.4 Å². The van der Waals surface area contributed by atoms with Crippen molar-refractivity contribution in [2.45, 2.75) is 34.6 Å². The zero-order chi connectivity index (χ0) is 13.0. The van der Waals surface area contributed by atoms with Gasteiger partial charge in [0.15, 0.2) is 0 Å². The average molecular weight is 234 g/mol. The van der Waals surface area contributed by atoms with E-state index in [9.17, 15) is 0 Å². The molecule has 0 saturated carbocycles. The number of nitrogens with zero attached hydrogens (tertiary/aromatic N) is 1. The molecule has 0 atom stereocenters. The Labute approximate surface area is 104 Å². The molecule has 1 aromatic rings. The summed E-state index contributed by atoms with van der Waals surface area (Å²) in [4.78, 5) is 7.86. The SMILES string of the molecule is CCN=C(C)c1[nH]c(/C=C(\C)OC)c(C)c1C. The van der Waals surface area contributed by atoms with Crippen molar-refractivity contribution in [3.05, 3.63) is 28.3 Å². The van der Waals surface area contributed by atoms with Crippen molar-refractivity contribution < 1.29 is 4.74 Å². The molecule has 1 heterocycles. The van der Waals surface area contributed by atoms with Crippen LogP contribution in [0.4, 0.5) is 0 Å². The minimum absolute atomic E-state index is 0.811. The number of aromatic nitrogens is 1. The Morgan fingerprint density at radius 2 is 1.94 bits per heavy atom. The van der Waals surface area contributed by atoms with Gasteiger partial charge >= 0.3 is 0 Å². The molecule has 1 rings (SSSR count). The van der Waals surface area contributed by atoms with Crippen LogP contribution in [-0.4, -0.2) is 24.4 Å². The molecule has 0 amide bonds. The molecule has 94 valence electrons. The Morgan fingerprint density at radius 3 is 2.47 bits per heavy atom. The van der Waals surface area contributed by atoms with Crippen LogP contribution in [0.3, 0.4) is 0 Å². The molecular formula is C14H22N2O. The van der Waals surface area contributed by atoms with E-state index in [1.54, 1.807) is 7.11 Å². The standard InChI is InChI=1S/C14H22N2O/c1-7-15-12(5)14-11(4)10(3)13(16-14)8-9(2)17-6/h8,16H,7H2,1-6H3/b9-8+,15-12?. The van der Waals surface area contributed by atoms with Crippen molar-refractivity contribution in [3.8, 4) is 0 Å². The molecule has 0 unspecified atom stereocenters. The molecule has 0 bridgehead atoms. The monoisotopic (exact) mass is 234 g/mol. The summed E-state index contributed by atoms with van der Waals surface area (Å²) in [5.41, 5.74) is 5.79. The minimum atomic E-state index is 0.811. The second-order valence-electron chi connectivity index (χ2n) is 4.18. The number of ether oxygens (including phenoxy) is 1. The molecule has 0 aliphatic carbocycles. The van der Waals surface area contributed by atoms with Gasteiger partial charge in [-0.25, -0.2) is 0 Å². The van der Waals surface area contributed by atoms with Crippen molar-refractivity contribution in [2.75, 3.05) is 13.7 Å². The molecule has 3 nitrogen and oxygen atoms in total. The van der Waals surface area contributed by atoms with Gasteiger partial charge in [0.1, 0.15) is 0 Å². The second-order valence-corrected chi connectivity index (χ2v) is 4.18. The maximum atomic E-state index is 5.18. The number of H-pyrrole nitrogens is 1. The molecule has 17 heavy (non-hydrogen) atoms. The number of nitrogens with one attached hydrogen (secondary N) is 1. The fourth-order valence-electron chi connectivity index (χ4n) is 1.80. The van der Waals surface area contributed by atoms with E-state index >= 15 is 0 Å². The third-order valence-electron chi connectivity index (χ3n) is 3.03. The first-order valence-electron chi connectivity index (χ1n) is 5.94. The van der Waals surface area contributed by atoms with Crippen molar-refractivity contribution in [1.29, 1.82) is 0 Å². The lowest BCUT2D eigenvalue weighted by atomic mass is 10.1. The predicted octanol–water partition coefficient (Wildman–Crippen LogP) is 3.47. The van der Waals surface area contributed by atoms with Gasteiger partial charge in [0.25, 0.3) is 0 Å². The van der Waals surface area contributed by atoms with Gasteiger partial charge in [0.05, 0.1) is 24.3 Å². The quantitative estimate of drug-likeness (QED) is 0.628. The van der Waals surface area contributed by atoms with Gasteiger partial charge in [0.2, 0.25) is 0 Å². The zero-order valence-corrected chi connectivity index (χ0v) is 11.6. The molecule has 0 aliphatic heterocycles. The number of hydrogen-bond donors (Lipinski definition) is 1. The highest BCUT2D eigenvalue weighted by Gasteiger charge is 2.11. The van der Waals surface area contributed by atoms with Crippen LogP contribution in [0.5, 0.6) is 0 Å². The fourth-order valence-corrected chi connectivity index (χ4v) is 1.80. The van der Waals surface area contributed by atoms with E-state index in [1.165, 1.54) is 11.1 Å². The first-order chi connectivity index (χ1) is 8.01. The van der Waals surface area contributed by atoms with Crippen molar-refractivity contribution in [3.63, 3.8) is 0 Å². The largest absolute Gasteiger partial charge is 0.501 e. The summed E-state index contributed by atoms with van der Waals surface area (Å²) in [6, 6.07) is 0. The summed E-state index contributed by atoms with van der Waals surface area (Å²) in [6.07, 6.45) is 2.02. The van der Waals surface area contributed by atoms with Crippen molar-refractivity contribution >= 4 is 11.8 Å². The first kappa shape index (κ1) is 13.6. The third kappa shape index (κ3) is 2.99. The van der Waals surface area contributed by atoms with Gasteiger partial charge in [-0.05, 0) is 51.8 Å². The number of aromatic amines is 1. The number of rotatable bonds is 4. The van der Waals surface area contributed by atoms with E-state index in [4.69, 9.17) is 4.74 Å². The molecule has 0 radical (unpaired) electrons. The summed E-state index contributed by atoms with van der Waals surface area (Å²) in [7, 11) is 1.68. The first-order valence-corrected chi connectivity index (χ1v) is 5.94. The van der Waals surface area contributed by atoms with E-state index in [2.05, 4.69) is 23.8 Å². The zero-order valence-electron chi connectivity index (χ0n) is 11.6. The van der Waals surface area contributed by atoms with Crippen molar-refractivity contribution in [2.24, 2.45) is 4.99 Å². The normalized spacial score (nSPS) is 13.1. The average Bonchev–Trinajstić information content (AvgIpc) is 2.57. The van der Waals surface area contributed by atoms with E-state index in [-0.39, 0.29) is 0 Å². The molecular weight excluding hydrogens is 212 g/mol. The van der Waals surface area contributed by atoms with Crippen LogP contribution < -0.4 is 0 Å². The van der Waals surface area contributed by atoms with E-state index in [1.807, 2.05) is 26.8 Å². The minimum Gasteiger partial charge on any atom is -0.501 e. The van der Waals surface area contributed by atoms with Crippen LogP contribution in [-0.2, 0) is 4.74 Å². The maximum absolute atomic E-state index is 5.18. The lowest BCUT2D eigenvalue weighted by Crippen LogP contribution is -1.98. The topological polar surface area (TPSA) is 37.4 Å². The highest BCUT2D eigenvalue weighted by Crippen LogP contribution is 2.20. The Hall–Kier alpha value is -1.51.